The van der Waals surface area contributed by atoms with Crippen LogP contribution in [0.4, 0.5) is 0 Å². The van der Waals surface area contributed by atoms with Crippen LogP contribution in [0.3, 0.4) is 0 Å². The van der Waals surface area contributed by atoms with E-state index in [1.807, 2.05) is 13.8 Å². The van der Waals surface area contributed by atoms with Gasteiger partial charge in [-0.1, -0.05) is 19.4 Å². The highest BCUT2D eigenvalue weighted by molar-refractivity contribution is 4.96. The van der Waals surface area contributed by atoms with Gasteiger partial charge < -0.3 is 5.11 Å². The molecule has 60 valence electrons. The van der Waals surface area contributed by atoms with Crippen molar-refractivity contribution in [2.24, 2.45) is 0 Å². The Morgan fingerprint density at radius 1 is 1.60 bits per heavy atom. The molecule has 0 amide bonds. The average Bonchev–Trinajstić information content (AvgIpc) is 2.04. The van der Waals surface area contributed by atoms with Gasteiger partial charge in [-0.05, 0) is 26.2 Å². The molecule has 0 aliphatic rings. The summed E-state index contributed by atoms with van der Waals surface area (Å²) in [5, 5.41) is 9.79. The summed E-state index contributed by atoms with van der Waals surface area (Å²) < 4.78 is 7.03. The molecule has 1 N–H and O–H groups in total. The second-order valence-electron chi connectivity index (χ2n) is 2.86. The van der Waals surface area contributed by atoms with Crippen LogP contribution in [0, 0.1) is 0 Å². The predicted molar refractivity (Wildman–Crippen MR) is 45.0 cm³/mol. The molecule has 0 saturated heterocycles. The van der Waals surface area contributed by atoms with Crippen LogP contribution in [0.5, 0.6) is 0 Å². The summed E-state index contributed by atoms with van der Waals surface area (Å²) in [5.74, 6) is 0. The van der Waals surface area contributed by atoms with Gasteiger partial charge in [-0.2, -0.15) is 0 Å². The third kappa shape index (κ3) is 3.02. The summed E-state index contributed by atoms with van der Waals surface area (Å²) in [6.07, 6.45) is 2.05. The zero-order chi connectivity index (χ0) is 8.91. The molecule has 1 heteroatoms. The molecule has 0 rings (SSSR count). The third-order valence-corrected chi connectivity index (χ3v) is 1.90. The Kier molecular flexibility index (Phi) is 2.94. The van der Waals surface area contributed by atoms with Gasteiger partial charge in [-0.3, -0.25) is 0 Å². The van der Waals surface area contributed by atoms with Gasteiger partial charge in [0.25, 0.3) is 0 Å². The molecule has 1 nitrogen and oxygen atoms in total. The van der Waals surface area contributed by atoms with Crippen molar-refractivity contribution in [1.29, 1.82) is 0 Å². The first kappa shape index (κ1) is 7.80. The van der Waals surface area contributed by atoms with Gasteiger partial charge in [0.15, 0.2) is 0 Å². The molecule has 0 bridgehead atoms. The van der Waals surface area contributed by atoms with Crippen LogP contribution in [0.2, 0.25) is 0 Å². The molecule has 0 saturated carbocycles. The average molecular weight is 143 g/mol. The van der Waals surface area contributed by atoms with Crippen molar-refractivity contribution in [3.8, 4) is 0 Å². The fraction of sp³-hybridized carbons (Fsp3) is 0.778. The number of aliphatic hydroxyl groups is 1. The SMILES string of the molecule is [2H]CC(=C)CC(O)(CC)CC. The first-order chi connectivity index (χ1) is 5.08. The molecule has 0 aliphatic carbocycles. The Bertz CT molecular complexity index is 128. The number of hydrogen-bond acceptors (Lipinski definition) is 1. The van der Waals surface area contributed by atoms with E-state index in [2.05, 4.69) is 6.58 Å². The van der Waals surface area contributed by atoms with Crippen molar-refractivity contribution in [1.82, 2.24) is 0 Å². The van der Waals surface area contributed by atoms with Gasteiger partial charge in [0.1, 0.15) is 0 Å². The van der Waals surface area contributed by atoms with Crippen molar-refractivity contribution in [3.05, 3.63) is 12.2 Å². The van der Waals surface area contributed by atoms with Gasteiger partial charge in [0.2, 0.25) is 0 Å². The van der Waals surface area contributed by atoms with E-state index in [0.29, 0.717) is 6.42 Å². The van der Waals surface area contributed by atoms with Crippen molar-refractivity contribution >= 4 is 0 Å². The van der Waals surface area contributed by atoms with E-state index < -0.39 is 5.60 Å². The van der Waals surface area contributed by atoms with Crippen LogP contribution < -0.4 is 0 Å². The molecule has 0 fully saturated rings. The first-order valence-corrected chi connectivity index (χ1v) is 3.76. The van der Waals surface area contributed by atoms with Crippen molar-refractivity contribution in [2.75, 3.05) is 0 Å². The fourth-order valence-electron chi connectivity index (χ4n) is 0.965. The Balaban J connectivity index is 3.96. The maximum absolute atomic E-state index is 9.79. The highest BCUT2D eigenvalue weighted by Crippen LogP contribution is 2.22. The number of hydrogen-bond donors (Lipinski definition) is 1. The van der Waals surface area contributed by atoms with Gasteiger partial charge in [0, 0.05) is 1.37 Å². The van der Waals surface area contributed by atoms with Gasteiger partial charge in [-0.25, -0.2) is 0 Å². The van der Waals surface area contributed by atoms with E-state index in [-0.39, 0.29) is 6.90 Å². The minimum atomic E-state index is -0.613. The lowest BCUT2D eigenvalue weighted by molar-refractivity contribution is 0.0328. The minimum Gasteiger partial charge on any atom is -0.390 e. The van der Waals surface area contributed by atoms with E-state index in [0.717, 1.165) is 18.4 Å². The molecular formula is C9H18O. The largest absolute Gasteiger partial charge is 0.390 e. The van der Waals surface area contributed by atoms with Crippen molar-refractivity contribution in [2.45, 2.75) is 45.6 Å². The standard InChI is InChI=1S/C9H18O/c1-5-9(10,6-2)7-8(3)4/h10H,3,5-7H2,1-2,4H3/i4D. The maximum Gasteiger partial charge on any atom is 0.0679 e. The van der Waals surface area contributed by atoms with Crippen molar-refractivity contribution < 1.29 is 6.48 Å². The summed E-state index contributed by atoms with van der Waals surface area (Å²) in [6.45, 7) is 7.85. The van der Waals surface area contributed by atoms with Crippen LogP contribution in [-0.4, -0.2) is 10.7 Å². The molecule has 0 unspecified atom stereocenters. The molecule has 0 heterocycles. The van der Waals surface area contributed by atoms with E-state index in [9.17, 15) is 5.11 Å². The second kappa shape index (κ2) is 3.77. The topological polar surface area (TPSA) is 20.2 Å². The summed E-state index contributed by atoms with van der Waals surface area (Å²) >= 11 is 0. The van der Waals surface area contributed by atoms with Gasteiger partial charge in [0.05, 0.1) is 5.60 Å². The van der Waals surface area contributed by atoms with Crippen LogP contribution in [-0.2, 0) is 0 Å². The first-order valence-electron chi connectivity index (χ1n) is 4.47. The molecule has 0 radical (unpaired) electrons. The van der Waals surface area contributed by atoms with E-state index in [1.165, 1.54) is 0 Å². The summed E-state index contributed by atoms with van der Waals surface area (Å²) in [7, 11) is 0. The summed E-state index contributed by atoms with van der Waals surface area (Å²) in [6, 6.07) is 0. The fourth-order valence-corrected chi connectivity index (χ4v) is 0.965. The molecule has 0 spiro atoms. The minimum absolute atomic E-state index is 0.225. The summed E-state index contributed by atoms with van der Waals surface area (Å²) in [4.78, 5) is 0. The Morgan fingerprint density at radius 2 is 2.10 bits per heavy atom. The van der Waals surface area contributed by atoms with Gasteiger partial charge >= 0.3 is 0 Å². The Hall–Kier alpha value is -0.300. The molecular weight excluding hydrogens is 124 g/mol. The monoisotopic (exact) mass is 143 g/mol. The van der Waals surface area contributed by atoms with E-state index in [1.54, 1.807) is 0 Å². The van der Waals surface area contributed by atoms with E-state index >= 15 is 0 Å². The smallest absolute Gasteiger partial charge is 0.0679 e. The summed E-state index contributed by atoms with van der Waals surface area (Å²) in [5.41, 5.74) is 0.203. The number of rotatable bonds is 4. The van der Waals surface area contributed by atoms with Crippen LogP contribution in [0.1, 0.15) is 41.4 Å². The zero-order valence-electron chi connectivity index (χ0n) is 7.98. The Labute approximate surface area is 65.2 Å². The predicted octanol–water partition coefficient (Wildman–Crippen LogP) is 2.50. The second-order valence-corrected chi connectivity index (χ2v) is 2.86. The van der Waals surface area contributed by atoms with Crippen LogP contribution >= 0.6 is 0 Å². The quantitative estimate of drug-likeness (QED) is 0.599. The molecule has 10 heavy (non-hydrogen) atoms. The molecule has 0 aromatic rings. The molecule has 0 aromatic carbocycles. The zero-order valence-corrected chi connectivity index (χ0v) is 6.98. The van der Waals surface area contributed by atoms with Gasteiger partial charge in [-0.15, -0.1) is 6.58 Å². The highest BCUT2D eigenvalue weighted by Gasteiger charge is 2.21. The normalized spacial score (nSPS) is 12.9. The van der Waals surface area contributed by atoms with Crippen molar-refractivity contribution in [3.63, 3.8) is 0 Å². The maximum atomic E-state index is 9.79. The lowest BCUT2D eigenvalue weighted by atomic mass is 9.90. The van der Waals surface area contributed by atoms with Crippen LogP contribution in [0.25, 0.3) is 0 Å². The Morgan fingerprint density at radius 3 is 2.40 bits per heavy atom. The van der Waals surface area contributed by atoms with E-state index in [4.69, 9.17) is 1.37 Å². The lowest BCUT2D eigenvalue weighted by Crippen LogP contribution is -2.26. The molecule has 0 aliphatic heterocycles. The highest BCUT2D eigenvalue weighted by atomic mass is 16.3. The lowest BCUT2D eigenvalue weighted by Gasteiger charge is -2.24. The van der Waals surface area contributed by atoms with Crippen LogP contribution in [0.15, 0.2) is 12.2 Å². The third-order valence-electron chi connectivity index (χ3n) is 1.90. The molecule has 0 atom stereocenters. The molecule has 0 aromatic heterocycles.